The molecule has 1 amide bonds. The first kappa shape index (κ1) is 10.6. The zero-order valence-electron chi connectivity index (χ0n) is 7.73. The molecule has 0 bridgehead atoms. The summed E-state index contributed by atoms with van der Waals surface area (Å²) < 4.78 is 0. The van der Waals surface area contributed by atoms with Crippen molar-refractivity contribution in [3.63, 3.8) is 0 Å². The van der Waals surface area contributed by atoms with Gasteiger partial charge in [-0.15, -0.1) is 0 Å². The van der Waals surface area contributed by atoms with E-state index in [2.05, 4.69) is 10.9 Å². The van der Waals surface area contributed by atoms with Crippen LogP contribution in [0.2, 0.25) is 0 Å². The summed E-state index contributed by atoms with van der Waals surface area (Å²) in [6.07, 6.45) is 0.514. The minimum absolute atomic E-state index is 0.323. The molecule has 0 radical (unpaired) electrons. The average molecular weight is 194 g/mol. The van der Waals surface area contributed by atoms with Gasteiger partial charge in [0.1, 0.15) is 6.04 Å². The number of nitrogens with one attached hydrogen (secondary N) is 2. The van der Waals surface area contributed by atoms with Crippen LogP contribution in [0.15, 0.2) is 30.3 Å². The first-order valence-corrected chi connectivity index (χ1v) is 4.28. The van der Waals surface area contributed by atoms with Crippen molar-refractivity contribution in [2.75, 3.05) is 0 Å². The summed E-state index contributed by atoms with van der Waals surface area (Å²) in [6.45, 7) is 0. The lowest BCUT2D eigenvalue weighted by atomic mass is 10.1. The second-order valence-corrected chi connectivity index (χ2v) is 2.92. The summed E-state index contributed by atoms with van der Waals surface area (Å²) in [7, 11) is 0. The fourth-order valence-corrected chi connectivity index (χ4v) is 1.18. The molecule has 0 heterocycles. The third kappa shape index (κ3) is 2.81. The second kappa shape index (κ2) is 5.33. The summed E-state index contributed by atoms with van der Waals surface area (Å²) in [6, 6.07) is 9.08. The number of rotatable bonds is 4. The van der Waals surface area contributed by atoms with Crippen molar-refractivity contribution in [1.82, 2.24) is 10.9 Å². The first-order chi connectivity index (χ1) is 6.77. The third-order valence-corrected chi connectivity index (χ3v) is 1.94. The zero-order valence-corrected chi connectivity index (χ0v) is 7.73. The van der Waals surface area contributed by atoms with Crippen LogP contribution in [-0.4, -0.2) is 11.9 Å². The van der Waals surface area contributed by atoms with E-state index in [1.165, 1.54) is 0 Å². The van der Waals surface area contributed by atoms with Crippen molar-refractivity contribution >= 4 is 5.91 Å². The molecule has 6 N–H and O–H groups in total. The van der Waals surface area contributed by atoms with Gasteiger partial charge >= 0.3 is 0 Å². The van der Waals surface area contributed by atoms with Gasteiger partial charge in [-0.05, 0) is 12.0 Å². The predicted molar refractivity (Wildman–Crippen MR) is 53.6 cm³/mol. The van der Waals surface area contributed by atoms with Crippen molar-refractivity contribution in [3.8, 4) is 0 Å². The second-order valence-electron chi connectivity index (χ2n) is 2.92. The van der Waals surface area contributed by atoms with Crippen LogP contribution in [0.4, 0.5) is 0 Å². The molecule has 76 valence electrons. The van der Waals surface area contributed by atoms with E-state index in [1.807, 2.05) is 30.3 Å². The van der Waals surface area contributed by atoms with E-state index < -0.39 is 6.04 Å². The van der Waals surface area contributed by atoms with Gasteiger partial charge in [-0.25, -0.2) is 11.3 Å². The molecule has 0 aliphatic heterocycles. The molecule has 1 aromatic rings. The predicted octanol–water partition coefficient (Wildman–Crippen LogP) is -0.949. The molecule has 0 aromatic heterocycles. The topological polar surface area (TPSA) is 93.2 Å². The monoisotopic (exact) mass is 194 g/mol. The Morgan fingerprint density at radius 1 is 1.29 bits per heavy atom. The fourth-order valence-electron chi connectivity index (χ4n) is 1.18. The van der Waals surface area contributed by atoms with Gasteiger partial charge < -0.3 is 0 Å². The fraction of sp³-hybridized carbons (Fsp3) is 0.222. The number of hydrazine groups is 2. The lowest BCUT2D eigenvalue weighted by molar-refractivity contribution is -0.123. The van der Waals surface area contributed by atoms with Crippen molar-refractivity contribution in [1.29, 1.82) is 0 Å². The van der Waals surface area contributed by atoms with Crippen molar-refractivity contribution in [2.24, 2.45) is 11.7 Å². The number of carbonyl (C=O) groups is 1. The number of hydrogen-bond donors (Lipinski definition) is 4. The Bertz CT molecular complexity index is 288. The molecule has 0 saturated heterocycles. The van der Waals surface area contributed by atoms with E-state index in [9.17, 15) is 4.79 Å². The quantitative estimate of drug-likeness (QED) is 0.282. The van der Waals surface area contributed by atoms with Crippen LogP contribution in [0.1, 0.15) is 5.56 Å². The van der Waals surface area contributed by atoms with E-state index in [0.717, 1.165) is 5.56 Å². The van der Waals surface area contributed by atoms with Gasteiger partial charge in [0, 0.05) is 0 Å². The Kier molecular flexibility index (Phi) is 4.06. The van der Waals surface area contributed by atoms with Gasteiger partial charge in [0.05, 0.1) is 0 Å². The largest absolute Gasteiger partial charge is 0.293 e. The maximum Gasteiger partial charge on any atom is 0.252 e. The Hall–Kier alpha value is -1.43. The smallest absolute Gasteiger partial charge is 0.252 e. The van der Waals surface area contributed by atoms with Gasteiger partial charge in [-0.2, -0.15) is 0 Å². The van der Waals surface area contributed by atoms with Crippen LogP contribution >= 0.6 is 0 Å². The summed E-state index contributed by atoms with van der Waals surface area (Å²) in [4.78, 5) is 11.2. The molecular weight excluding hydrogens is 180 g/mol. The molecule has 0 saturated carbocycles. The summed E-state index contributed by atoms with van der Waals surface area (Å²) >= 11 is 0. The van der Waals surface area contributed by atoms with Crippen molar-refractivity contribution < 1.29 is 4.79 Å². The Morgan fingerprint density at radius 3 is 2.43 bits per heavy atom. The highest BCUT2D eigenvalue weighted by molar-refractivity contribution is 5.81. The molecule has 1 atom stereocenters. The Balaban J connectivity index is 2.62. The molecule has 0 spiro atoms. The molecule has 1 aromatic carbocycles. The van der Waals surface area contributed by atoms with Gasteiger partial charge in [0.15, 0.2) is 0 Å². The zero-order chi connectivity index (χ0) is 10.4. The first-order valence-electron chi connectivity index (χ1n) is 4.28. The summed E-state index contributed by atoms with van der Waals surface area (Å²) in [5.74, 6) is 9.91. The third-order valence-electron chi connectivity index (χ3n) is 1.94. The highest BCUT2D eigenvalue weighted by Crippen LogP contribution is 2.02. The minimum atomic E-state index is -0.498. The van der Waals surface area contributed by atoms with Gasteiger partial charge in [0.2, 0.25) is 0 Å². The number of hydrogen-bond acceptors (Lipinski definition) is 4. The SMILES string of the molecule is NNC(=O)C(Cc1ccccc1)NN. The number of benzene rings is 1. The lowest BCUT2D eigenvalue weighted by Gasteiger charge is -2.13. The number of carbonyl (C=O) groups excluding carboxylic acids is 1. The summed E-state index contributed by atoms with van der Waals surface area (Å²) in [5, 5.41) is 0. The average Bonchev–Trinajstić information content (AvgIpc) is 2.26. The molecule has 5 heteroatoms. The van der Waals surface area contributed by atoms with E-state index in [0.29, 0.717) is 6.42 Å². The molecule has 0 aliphatic rings. The van der Waals surface area contributed by atoms with E-state index in [-0.39, 0.29) is 5.91 Å². The number of nitrogens with two attached hydrogens (primary N) is 2. The van der Waals surface area contributed by atoms with Crippen LogP contribution < -0.4 is 22.5 Å². The molecule has 5 nitrogen and oxygen atoms in total. The summed E-state index contributed by atoms with van der Waals surface area (Å²) in [5.41, 5.74) is 5.49. The van der Waals surface area contributed by atoms with E-state index >= 15 is 0 Å². The van der Waals surface area contributed by atoms with Gasteiger partial charge in [-0.3, -0.25) is 16.1 Å². The molecule has 14 heavy (non-hydrogen) atoms. The maximum atomic E-state index is 11.2. The highest BCUT2D eigenvalue weighted by Gasteiger charge is 2.15. The number of amides is 1. The van der Waals surface area contributed by atoms with Crippen LogP contribution in [0.25, 0.3) is 0 Å². The molecule has 0 fully saturated rings. The van der Waals surface area contributed by atoms with E-state index in [1.54, 1.807) is 0 Å². The van der Waals surface area contributed by atoms with Crippen LogP contribution in [0, 0.1) is 0 Å². The maximum absolute atomic E-state index is 11.2. The van der Waals surface area contributed by atoms with Crippen molar-refractivity contribution in [2.45, 2.75) is 12.5 Å². The molecule has 0 aliphatic carbocycles. The molecule has 1 rings (SSSR count). The lowest BCUT2D eigenvalue weighted by Crippen LogP contribution is -2.50. The normalized spacial score (nSPS) is 12.1. The van der Waals surface area contributed by atoms with Gasteiger partial charge in [-0.1, -0.05) is 30.3 Å². The Labute approximate surface area is 82.4 Å². The molecular formula is C9H14N4O. The standard InChI is InChI=1S/C9H14N4O/c10-12-8(9(14)13-11)6-7-4-2-1-3-5-7/h1-5,8,12H,6,10-11H2,(H,13,14). The van der Waals surface area contributed by atoms with Crippen LogP contribution in [0.3, 0.4) is 0 Å². The minimum Gasteiger partial charge on any atom is -0.293 e. The van der Waals surface area contributed by atoms with Crippen LogP contribution in [0.5, 0.6) is 0 Å². The Morgan fingerprint density at radius 2 is 1.93 bits per heavy atom. The molecule has 1 unspecified atom stereocenters. The van der Waals surface area contributed by atoms with Crippen molar-refractivity contribution in [3.05, 3.63) is 35.9 Å². The highest BCUT2D eigenvalue weighted by atomic mass is 16.2. The van der Waals surface area contributed by atoms with E-state index in [4.69, 9.17) is 11.7 Å². The van der Waals surface area contributed by atoms with Crippen LogP contribution in [-0.2, 0) is 11.2 Å². The van der Waals surface area contributed by atoms with Gasteiger partial charge in [0.25, 0.3) is 5.91 Å².